The summed E-state index contributed by atoms with van der Waals surface area (Å²) in [6.07, 6.45) is 7.62. The molecule has 0 atom stereocenters. The molecule has 3 nitrogen and oxygen atoms in total. The lowest BCUT2D eigenvalue weighted by molar-refractivity contribution is 0.520. The molecule has 1 heterocycles. The highest BCUT2D eigenvalue weighted by Gasteiger charge is 2.16. The maximum Gasteiger partial charge on any atom is 0.121 e. The van der Waals surface area contributed by atoms with Crippen molar-refractivity contribution in [2.75, 3.05) is 5.33 Å². The number of halogens is 1. The van der Waals surface area contributed by atoms with Crippen LogP contribution in [0.2, 0.25) is 0 Å². The summed E-state index contributed by atoms with van der Waals surface area (Å²) >= 11 is 3.50. The van der Waals surface area contributed by atoms with Crippen LogP contribution in [0, 0.1) is 0 Å². The lowest BCUT2D eigenvalue weighted by Gasteiger charge is -2.09. The Morgan fingerprint density at radius 2 is 1.27 bits per heavy atom. The maximum atomic E-state index is 4.51. The van der Waals surface area contributed by atoms with Crippen LogP contribution in [-0.4, -0.2) is 20.3 Å². The second-order valence-corrected chi connectivity index (χ2v) is 7.35. The summed E-state index contributed by atoms with van der Waals surface area (Å²) in [6, 6.07) is 20.8. The van der Waals surface area contributed by atoms with Crippen LogP contribution in [0.15, 0.2) is 60.7 Å². The average Bonchev–Trinajstić information content (AvgIpc) is 3.12. The van der Waals surface area contributed by atoms with Crippen LogP contribution in [0.5, 0.6) is 0 Å². The monoisotopic (exact) mass is 411 g/mol. The first-order valence-electron chi connectivity index (χ1n) is 9.50. The summed E-state index contributed by atoms with van der Waals surface area (Å²) in [5, 5.41) is 10.1. The van der Waals surface area contributed by atoms with Crippen molar-refractivity contribution in [1.82, 2.24) is 15.0 Å². The summed E-state index contributed by atoms with van der Waals surface area (Å²) < 4.78 is 2.08. The third-order valence-corrected chi connectivity index (χ3v) is 5.14. The number of benzene rings is 2. The van der Waals surface area contributed by atoms with Crippen molar-refractivity contribution >= 4 is 15.9 Å². The summed E-state index contributed by atoms with van der Waals surface area (Å²) in [5.41, 5.74) is 4.38. The molecule has 0 aliphatic carbocycles. The van der Waals surface area contributed by atoms with Gasteiger partial charge in [0.15, 0.2) is 0 Å². The molecule has 3 rings (SSSR count). The van der Waals surface area contributed by atoms with Gasteiger partial charge < -0.3 is 0 Å². The summed E-state index contributed by atoms with van der Waals surface area (Å²) in [7, 11) is 0. The highest BCUT2D eigenvalue weighted by atomic mass is 79.9. The number of aromatic nitrogens is 3. The quantitative estimate of drug-likeness (QED) is 0.287. The molecule has 0 radical (unpaired) electrons. The van der Waals surface area contributed by atoms with Crippen molar-refractivity contribution in [3.63, 3.8) is 0 Å². The van der Waals surface area contributed by atoms with E-state index in [1.807, 2.05) is 12.1 Å². The fourth-order valence-corrected chi connectivity index (χ4v) is 3.60. The van der Waals surface area contributed by atoms with Gasteiger partial charge in [-0.1, -0.05) is 107 Å². The van der Waals surface area contributed by atoms with Crippen molar-refractivity contribution in [3.05, 3.63) is 60.7 Å². The van der Waals surface area contributed by atoms with Crippen LogP contribution in [0.3, 0.4) is 0 Å². The molecular weight excluding hydrogens is 386 g/mol. The molecule has 3 aromatic rings. The summed E-state index contributed by atoms with van der Waals surface area (Å²) in [6.45, 7) is 0.919. The highest BCUT2D eigenvalue weighted by Crippen LogP contribution is 2.30. The standard InChI is InChI=1S/C22H26BrN3/c23-17-11-3-1-2-4-12-18-26-22(20-15-9-6-10-16-20)21(24-25-26)19-13-7-5-8-14-19/h5-10,13-16H,1-4,11-12,17-18H2. The van der Waals surface area contributed by atoms with Gasteiger partial charge in [0, 0.05) is 23.0 Å². The molecule has 1 aromatic heterocycles. The van der Waals surface area contributed by atoms with Crippen molar-refractivity contribution in [2.24, 2.45) is 0 Å². The number of hydrogen-bond donors (Lipinski definition) is 0. The van der Waals surface area contributed by atoms with E-state index >= 15 is 0 Å². The third kappa shape index (κ3) is 5.04. The number of aryl methyl sites for hydroxylation is 1. The van der Waals surface area contributed by atoms with E-state index in [9.17, 15) is 0 Å². The van der Waals surface area contributed by atoms with E-state index < -0.39 is 0 Å². The Hall–Kier alpha value is -1.94. The zero-order chi connectivity index (χ0) is 18.0. The van der Waals surface area contributed by atoms with E-state index in [2.05, 4.69) is 79.5 Å². The van der Waals surface area contributed by atoms with Crippen LogP contribution >= 0.6 is 15.9 Å². The number of alkyl halides is 1. The normalized spacial score (nSPS) is 11.0. The molecule has 136 valence electrons. The van der Waals surface area contributed by atoms with E-state index in [0.717, 1.165) is 35.2 Å². The molecule has 26 heavy (non-hydrogen) atoms. The molecule has 2 aromatic carbocycles. The minimum Gasteiger partial charge on any atom is -0.244 e. The van der Waals surface area contributed by atoms with Gasteiger partial charge in [-0.2, -0.15) is 0 Å². The van der Waals surface area contributed by atoms with Gasteiger partial charge in [-0.05, 0) is 12.8 Å². The molecule has 0 unspecified atom stereocenters. The van der Waals surface area contributed by atoms with Gasteiger partial charge in [0.25, 0.3) is 0 Å². The molecule has 0 spiro atoms. The van der Waals surface area contributed by atoms with Crippen LogP contribution in [-0.2, 0) is 6.54 Å². The molecule has 0 aliphatic heterocycles. The first-order chi connectivity index (χ1) is 12.9. The van der Waals surface area contributed by atoms with Crippen molar-refractivity contribution < 1.29 is 0 Å². The van der Waals surface area contributed by atoms with Gasteiger partial charge in [0.05, 0.1) is 5.69 Å². The van der Waals surface area contributed by atoms with Gasteiger partial charge in [-0.3, -0.25) is 0 Å². The molecule has 4 heteroatoms. The Labute approximate surface area is 164 Å². The van der Waals surface area contributed by atoms with Crippen molar-refractivity contribution in [3.8, 4) is 22.5 Å². The second-order valence-electron chi connectivity index (χ2n) is 6.55. The van der Waals surface area contributed by atoms with E-state index in [4.69, 9.17) is 0 Å². The Morgan fingerprint density at radius 1 is 0.692 bits per heavy atom. The SMILES string of the molecule is BrCCCCCCCCn1nnc(-c2ccccc2)c1-c1ccccc1. The molecule has 0 bridgehead atoms. The summed E-state index contributed by atoms with van der Waals surface area (Å²) in [4.78, 5) is 0. The minimum absolute atomic E-state index is 0.919. The molecule has 0 amide bonds. The molecule has 0 saturated carbocycles. The summed E-state index contributed by atoms with van der Waals surface area (Å²) in [5.74, 6) is 0. The molecule has 0 saturated heterocycles. The second kappa shape index (κ2) is 10.3. The number of unbranched alkanes of at least 4 members (excludes halogenated alkanes) is 5. The van der Waals surface area contributed by atoms with Gasteiger partial charge in [-0.15, -0.1) is 5.10 Å². The fraction of sp³-hybridized carbons (Fsp3) is 0.364. The number of hydrogen-bond acceptors (Lipinski definition) is 2. The van der Waals surface area contributed by atoms with Crippen LogP contribution in [0.25, 0.3) is 22.5 Å². The Balaban J connectivity index is 1.73. The first kappa shape index (κ1) is 18.8. The van der Waals surface area contributed by atoms with Gasteiger partial charge in [0.2, 0.25) is 0 Å². The Bertz CT molecular complexity index is 769. The van der Waals surface area contributed by atoms with Crippen molar-refractivity contribution in [1.29, 1.82) is 0 Å². The van der Waals surface area contributed by atoms with Crippen LogP contribution < -0.4 is 0 Å². The number of nitrogens with zero attached hydrogens (tertiary/aromatic N) is 3. The fourth-order valence-electron chi connectivity index (χ4n) is 3.20. The maximum absolute atomic E-state index is 4.51. The van der Waals surface area contributed by atoms with Crippen LogP contribution in [0.1, 0.15) is 38.5 Å². The van der Waals surface area contributed by atoms with E-state index in [0.29, 0.717) is 0 Å². The lowest BCUT2D eigenvalue weighted by atomic mass is 10.0. The largest absolute Gasteiger partial charge is 0.244 e. The van der Waals surface area contributed by atoms with Gasteiger partial charge >= 0.3 is 0 Å². The average molecular weight is 412 g/mol. The smallest absolute Gasteiger partial charge is 0.121 e. The van der Waals surface area contributed by atoms with E-state index in [-0.39, 0.29) is 0 Å². The molecule has 0 fully saturated rings. The predicted octanol–water partition coefficient (Wildman–Crippen LogP) is 6.35. The molecule has 0 N–H and O–H groups in total. The first-order valence-corrected chi connectivity index (χ1v) is 10.6. The molecule has 0 aliphatic rings. The van der Waals surface area contributed by atoms with E-state index in [1.54, 1.807) is 0 Å². The Kier molecular flexibility index (Phi) is 7.44. The zero-order valence-corrected chi connectivity index (χ0v) is 16.7. The third-order valence-electron chi connectivity index (χ3n) is 4.58. The highest BCUT2D eigenvalue weighted by molar-refractivity contribution is 9.09. The van der Waals surface area contributed by atoms with Crippen LogP contribution in [0.4, 0.5) is 0 Å². The molecular formula is C22H26BrN3. The van der Waals surface area contributed by atoms with E-state index in [1.165, 1.54) is 37.7 Å². The lowest BCUT2D eigenvalue weighted by Crippen LogP contribution is -2.03. The zero-order valence-electron chi connectivity index (χ0n) is 15.1. The van der Waals surface area contributed by atoms with Gasteiger partial charge in [-0.25, -0.2) is 4.68 Å². The minimum atomic E-state index is 0.919. The van der Waals surface area contributed by atoms with Gasteiger partial charge in [0.1, 0.15) is 5.69 Å². The number of rotatable bonds is 10. The topological polar surface area (TPSA) is 30.7 Å². The van der Waals surface area contributed by atoms with Crippen molar-refractivity contribution in [2.45, 2.75) is 45.1 Å². The predicted molar refractivity (Wildman–Crippen MR) is 112 cm³/mol. The Morgan fingerprint density at radius 3 is 1.92 bits per heavy atom.